The molecule has 0 radical (unpaired) electrons. The first-order chi connectivity index (χ1) is 5.00. The molecule has 0 saturated carbocycles. The van der Waals surface area contributed by atoms with E-state index in [9.17, 15) is 13.2 Å². The van der Waals surface area contributed by atoms with Crippen molar-refractivity contribution in [1.82, 2.24) is 0 Å². The molecule has 0 heterocycles. The Labute approximate surface area is 62.6 Å². The summed E-state index contributed by atoms with van der Waals surface area (Å²) in [5.41, 5.74) is 0. The third kappa shape index (κ3) is 3.07. The van der Waals surface area contributed by atoms with Crippen LogP contribution in [0.4, 0.5) is 13.2 Å². The Morgan fingerprint density at radius 1 is 1.27 bits per heavy atom. The molecule has 0 aliphatic rings. The van der Waals surface area contributed by atoms with Crippen molar-refractivity contribution in [2.24, 2.45) is 5.92 Å². The van der Waals surface area contributed by atoms with Gasteiger partial charge in [0.2, 0.25) is 0 Å². The summed E-state index contributed by atoms with van der Waals surface area (Å²) in [6.45, 7) is 0.0476. The highest BCUT2D eigenvalue weighted by atomic mass is 19.3. The van der Waals surface area contributed by atoms with Crippen molar-refractivity contribution in [2.45, 2.75) is 25.6 Å². The zero-order valence-corrected chi connectivity index (χ0v) is 6.04. The second kappa shape index (κ2) is 4.56. The fraction of sp³-hybridized carbons (Fsp3) is 1.00. The predicted octanol–water partition coefficient (Wildman–Crippen LogP) is 0.579. The van der Waals surface area contributed by atoms with Gasteiger partial charge in [0.05, 0.1) is 6.10 Å². The summed E-state index contributed by atoms with van der Waals surface area (Å²) in [5.74, 6) is -1.14. The van der Waals surface area contributed by atoms with Crippen molar-refractivity contribution >= 4 is 0 Å². The monoisotopic (exact) mass is 172 g/mol. The van der Waals surface area contributed by atoms with Crippen LogP contribution in [0.3, 0.4) is 0 Å². The van der Waals surface area contributed by atoms with Gasteiger partial charge >= 0.3 is 0 Å². The molecule has 68 valence electrons. The van der Waals surface area contributed by atoms with E-state index in [1.807, 2.05) is 0 Å². The number of alkyl halides is 3. The van der Waals surface area contributed by atoms with Crippen LogP contribution in [0.15, 0.2) is 0 Å². The average Bonchev–Trinajstić information content (AvgIpc) is 2.00. The molecule has 5 heteroatoms. The summed E-state index contributed by atoms with van der Waals surface area (Å²) < 4.78 is 35.0. The third-order valence-corrected chi connectivity index (χ3v) is 1.56. The molecule has 3 unspecified atom stereocenters. The van der Waals surface area contributed by atoms with Crippen LogP contribution in [0.1, 0.15) is 6.92 Å². The van der Waals surface area contributed by atoms with Gasteiger partial charge in [-0.05, 0) is 0 Å². The first-order valence-electron chi connectivity index (χ1n) is 3.21. The van der Waals surface area contributed by atoms with Crippen LogP contribution in [0.25, 0.3) is 0 Å². The van der Waals surface area contributed by atoms with Crippen molar-refractivity contribution in [1.29, 1.82) is 0 Å². The molecule has 0 rings (SSSR count). The highest BCUT2D eigenvalue weighted by Crippen LogP contribution is 2.15. The van der Waals surface area contributed by atoms with Crippen LogP contribution in [-0.4, -0.2) is 35.5 Å². The molecule has 0 aliphatic carbocycles. The number of halogens is 3. The Morgan fingerprint density at radius 2 is 1.73 bits per heavy atom. The molecule has 0 saturated heterocycles. The number of hydrogen-bond acceptors (Lipinski definition) is 2. The van der Waals surface area contributed by atoms with E-state index in [2.05, 4.69) is 0 Å². The maximum atomic E-state index is 11.7. The normalized spacial score (nSPS) is 19.9. The van der Waals surface area contributed by atoms with Gasteiger partial charge in [-0.25, -0.2) is 13.2 Å². The highest BCUT2D eigenvalue weighted by molar-refractivity contribution is 4.73. The zero-order chi connectivity index (χ0) is 9.02. The topological polar surface area (TPSA) is 40.5 Å². The highest BCUT2D eigenvalue weighted by Gasteiger charge is 2.29. The molecule has 0 spiro atoms. The molecule has 0 aromatic heterocycles. The minimum atomic E-state index is -2.94. The molecule has 2 nitrogen and oxygen atoms in total. The second-order valence-electron chi connectivity index (χ2n) is 2.41. The number of aliphatic hydroxyl groups is 2. The average molecular weight is 172 g/mol. The minimum absolute atomic E-state index is 1.12. The molecule has 0 aromatic carbocycles. The summed E-state index contributed by atoms with van der Waals surface area (Å²) in [4.78, 5) is 0. The van der Waals surface area contributed by atoms with Gasteiger partial charge in [-0.1, -0.05) is 6.92 Å². The van der Waals surface area contributed by atoms with E-state index in [-0.39, 0.29) is 0 Å². The molecule has 0 bridgehead atoms. The van der Waals surface area contributed by atoms with Crippen molar-refractivity contribution in [2.75, 3.05) is 6.67 Å². The zero-order valence-electron chi connectivity index (χ0n) is 6.04. The quantitative estimate of drug-likeness (QED) is 0.651. The maximum Gasteiger partial charge on any atom is 0.264 e. The lowest BCUT2D eigenvalue weighted by molar-refractivity contribution is -0.0716. The molecule has 0 aliphatic heterocycles. The van der Waals surface area contributed by atoms with Crippen LogP contribution >= 0.6 is 0 Å². The summed E-state index contributed by atoms with van der Waals surface area (Å²) in [5, 5.41) is 17.3. The number of aliphatic hydroxyl groups excluding tert-OH is 2. The van der Waals surface area contributed by atoms with E-state index >= 15 is 0 Å². The fourth-order valence-electron chi connectivity index (χ4n) is 0.598. The van der Waals surface area contributed by atoms with E-state index < -0.39 is 31.2 Å². The predicted molar refractivity (Wildman–Crippen MR) is 33.2 cm³/mol. The molecular weight excluding hydrogens is 161 g/mol. The molecule has 2 N–H and O–H groups in total. The van der Waals surface area contributed by atoms with E-state index in [4.69, 9.17) is 10.2 Å². The molecule has 3 atom stereocenters. The standard InChI is InChI=1S/C6H11F3O2/c1-3(4(10)2-7)5(11)6(8)9/h3-6,10-11H,2H2,1H3. The van der Waals surface area contributed by atoms with E-state index in [1.165, 1.54) is 6.92 Å². The number of hydrogen-bond donors (Lipinski definition) is 2. The second-order valence-corrected chi connectivity index (χ2v) is 2.41. The van der Waals surface area contributed by atoms with Gasteiger partial charge in [-0.15, -0.1) is 0 Å². The third-order valence-electron chi connectivity index (χ3n) is 1.56. The van der Waals surface area contributed by atoms with Crippen LogP contribution in [0, 0.1) is 5.92 Å². The van der Waals surface area contributed by atoms with Crippen LogP contribution in [0.5, 0.6) is 0 Å². The van der Waals surface area contributed by atoms with E-state index in [0.29, 0.717) is 0 Å². The van der Waals surface area contributed by atoms with E-state index in [1.54, 1.807) is 0 Å². The summed E-state index contributed by atoms with van der Waals surface area (Å²) in [6, 6.07) is 0. The van der Waals surface area contributed by atoms with Gasteiger partial charge in [-0.3, -0.25) is 0 Å². The van der Waals surface area contributed by atoms with Crippen LogP contribution < -0.4 is 0 Å². The first kappa shape index (κ1) is 10.7. The van der Waals surface area contributed by atoms with Gasteiger partial charge in [0.1, 0.15) is 12.8 Å². The fourth-order valence-corrected chi connectivity index (χ4v) is 0.598. The molecular formula is C6H11F3O2. The Morgan fingerprint density at radius 3 is 2.00 bits per heavy atom. The molecule has 0 aromatic rings. The van der Waals surface area contributed by atoms with Crippen molar-refractivity contribution in [3.63, 3.8) is 0 Å². The van der Waals surface area contributed by atoms with Crippen molar-refractivity contribution < 1.29 is 23.4 Å². The summed E-state index contributed by atoms with van der Waals surface area (Å²) in [7, 11) is 0. The van der Waals surface area contributed by atoms with Gasteiger partial charge in [0, 0.05) is 5.92 Å². The van der Waals surface area contributed by atoms with Gasteiger partial charge in [0.25, 0.3) is 6.43 Å². The Kier molecular flexibility index (Phi) is 4.44. The SMILES string of the molecule is CC(C(O)CF)C(O)C(F)F. The Balaban J connectivity index is 3.90. The maximum absolute atomic E-state index is 11.7. The van der Waals surface area contributed by atoms with Gasteiger partial charge < -0.3 is 10.2 Å². The van der Waals surface area contributed by atoms with Crippen LogP contribution in [-0.2, 0) is 0 Å². The molecule has 0 amide bonds. The lowest BCUT2D eigenvalue weighted by Gasteiger charge is -2.20. The lowest BCUT2D eigenvalue weighted by Crippen LogP contribution is -2.35. The summed E-state index contributed by atoms with van der Waals surface area (Å²) >= 11 is 0. The first-order valence-corrected chi connectivity index (χ1v) is 3.21. The largest absolute Gasteiger partial charge is 0.390 e. The van der Waals surface area contributed by atoms with Gasteiger partial charge in [-0.2, -0.15) is 0 Å². The summed E-state index contributed by atoms with van der Waals surface area (Å²) in [6.07, 6.45) is -6.41. The minimum Gasteiger partial charge on any atom is -0.390 e. The molecule has 0 fully saturated rings. The van der Waals surface area contributed by atoms with Gasteiger partial charge in [0.15, 0.2) is 0 Å². The Bertz CT molecular complexity index is 110. The lowest BCUT2D eigenvalue weighted by atomic mass is 9.99. The Hall–Kier alpha value is -0.290. The van der Waals surface area contributed by atoms with Crippen molar-refractivity contribution in [3.05, 3.63) is 0 Å². The smallest absolute Gasteiger partial charge is 0.264 e. The molecule has 11 heavy (non-hydrogen) atoms. The number of rotatable bonds is 4. The van der Waals surface area contributed by atoms with E-state index in [0.717, 1.165) is 0 Å². The van der Waals surface area contributed by atoms with Crippen molar-refractivity contribution in [3.8, 4) is 0 Å². The van der Waals surface area contributed by atoms with Crippen LogP contribution in [0.2, 0.25) is 0 Å².